The smallest absolute Gasteiger partial charge is 0.407 e. The highest BCUT2D eigenvalue weighted by molar-refractivity contribution is 5.69. The fraction of sp³-hybridized carbons (Fsp3) is 0.882. The lowest BCUT2D eigenvalue weighted by atomic mass is 9.73. The Kier molecular flexibility index (Phi) is 5.76. The van der Waals surface area contributed by atoms with Crippen molar-refractivity contribution in [3.8, 4) is 0 Å². The van der Waals surface area contributed by atoms with Crippen LogP contribution in [0.15, 0.2) is 0 Å². The van der Waals surface area contributed by atoms with Gasteiger partial charge in [-0.05, 0) is 39.0 Å². The molecule has 132 valence electrons. The average Bonchev–Trinajstić information content (AvgIpc) is 2.46. The van der Waals surface area contributed by atoms with Crippen molar-refractivity contribution in [2.45, 2.75) is 70.9 Å². The first-order valence-electron chi connectivity index (χ1n) is 8.73. The lowest BCUT2D eigenvalue weighted by molar-refractivity contribution is 0.0359. The Balaban J connectivity index is 2.03. The molecule has 0 aromatic carbocycles. The lowest BCUT2D eigenvalue weighted by Gasteiger charge is -2.42. The maximum atomic E-state index is 12.1. The first kappa shape index (κ1) is 17.9. The number of carbonyl (C=O) groups is 2. The third-order valence-electron chi connectivity index (χ3n) is 4.89. The molecular weight excluding hydrogens is 296 g/mol. The van der Waals surface area contributed by atoms with Gasteiger partial charge in [0.05, 0.1) is 6.04 Å². The van der Waals surface area contributed by atoms with E-state index in [4.69, 9.17) is 4.74 Å². The van der Waals surface area contributed by atoms with E-state index in [0.29, 0.717) is 24.9 Å². The number of likely N-dealkylation sites (tertiary alicyclic amines) is 1. The van der Waals surface area contributed by atoms with Crippen LogP contribution in [-0.2, 0) is 4.74 Å². The van der Waals surface area contributed by atoms with Crippen molar-refractivity contribution in [1.29, 1.82) is 0 Å². The van der Waals surface area contributed by atoms with E-state index in [0.717, 1.165) is 6.42 Å². The van der Waals surface area contributed by atoms with E-state index in [1.165, 1.54) is 37.0 Å². The number of piperidine rings is 1. The van der Waals surface area contributed by atoms with Crippen LogP contribution >= 0.6 is 0 Å². The van der Waals surface area contributed by atoms with Gasteiger partial charge in [0, 0.05) is 13.1 Å². The molecule has 23 heavy (non-hydrogen) atoms. The molecule has 6 nitrogen and oxygen atoms in total. The standard InChI is InChI=1S/C17H30N2O4/c1-17(2,3)23-15(20)18-14-11-19(16(21)22)10-9-13(14)12-7-5-4-6-8-12/h12-14H,4-11H2,1-3H3,(H,18,20)(H,21,22). The summed E-state index contributed by atoms with van der Waals surface area (Å²) in [6.07, 6.45) is 5.59. The lowest BCUT2D eigenvalue weighted by Crippen LogP contribution is -2.56. The summed E-state index contributed by atoms with van der Waals surface area (Å²) >= 11 is 0. The summed E-state index contributed by atoms with van der Waals surface area (Å²) < 4.78 is 5.36. The van der Waals surface area contributed by atoms with Gasteiger partial charge < -0.3 is 20.1 Å². The number of alkyl carbamates (subject to hydrolysis) is 1. The van der Waals surface area contributed by atoms with Crippen molar-refractivity contribution < 1.29 is 19.4 Å². The van der Waals surface area contributed by atoms with E-state index in [1.54, 1.807) is 0 Å². The van der Waals surface area contributed by atoms with Crippen LogP contribution < -0.4 is 5.32 Å². The summed E-state index contributed by atoms with van der Waals surface area (Å²) in [5.74, 6) is 0.929. The Morgan fingerprint density at radius 1 is 1.13 bits per heavy atom. The minimum absolute atomic E-state index is 0.155. The minimum Gasteiger partial charge on any atom is -0.465 e. The fourth-order valence-electron chi connectivity index (χ4n) is 3.88. The van der Waals surface area contributed by atoms with Gasteiger partial charge in [0.2, 0.25) is 0 Å². The molecule has 1 saturated carbocycles. The molecule has 1 aliphatic carbocycles. The Morgan fingerprint density at radius 3 is 2.35 bits per heavy atom. The van der Waals surface area contributed by atoms with Gasteiger partial charge in [0.1, 0.15) is 5.60 Å². The summed E-state index contributed by atoms with van der Waals surface area (Å²) in [4.78, 5) is 24.8. The van der Waals surface area contributed by atoms with E-state index < -0.39 is 17.8 Å². The highest BCUT2D eigenvalue weighted by Gasteiger charge is 2.38. The van der Waals surface area contributed by atoms with Gasteiger partial charge in [-0.25, -0.2) is 9.59 Å². The summed E-state index contributed by atoms with van der Waals surface area (Å²) in [7, 11) is 0. The van der Waals surface area contributed by atoms with Crippen molar-refractivity contribution in [1.82, 2.24) is 10.2 Å². The molecule has 0 radical (unpaired) electrons. The summed E-state index contributed by atoms with van der Waals surface area (Å²) in [5, 5.41) is 12.2. The van der Waals surface area contributed by atoms with E-state index in [9.17, 15) is 14.7 Å². The molecule has 2 aliphatic rings. The zero-order chi connectivity index (χ0) is 17.0. The Hall–Kier alpha value is -1.46. The van der Waals surface area contributed by atoms with Crippen LogP contribution in [0.5, 0.6) is 0 Å². The van der Waals surface area contributed by atoms with Crippen LogP contribution in [0.2, 0.25) is 0 Å². The van der Waals surface area contributed by atoms with E-state index in [2.05, 4.69) is 5.32 Å². The molecule has 2 amide bonds. The third kappa shape index (κ3) is 5.29. The maximum Gasteiger partial charge on any atom is 0.407 e. The number of amides is 2. The molecule has 2 N–H and O–H groups in total. The van der Waals surface area contributed by atoms with Crippen molar-refractivity contribution in [2.24, 2.45) is 11.8 Å². The molecule has 1 aliphatic heterocycles. The van der Waals surface area contributed by atoms with Gasteiger partial charge >= 0.3 is 12.2 Å². The number of rotatable bonds is 2. The molecule has 2 fully saturated rings. The van der Waals surface area contributed by atoms with Crippen LogP contribution in [-0.4, -0.2) is 46.9 Å². The van der Waals surface area contributed by atoms with Crippen molar-refractivity contribution >= 4 is 12.2 Å². The minimum atomic E-state index is -0.914. The number of hydrogen-bond acceptors (Lipinski definition) is 3. The van der Waals surface area contributed by atoms with Crippen molar-refractivity contribution in [3.63, 3.8) is 0 Å². The SMILES string of the molecule is CC(C)(C)OC(=O)NC1CN(C(=O)O)CCC1C1CCCCC1. The summed E-state index contributed by atoms with van der Waals surface area (Å²) in [6.45, 7) is 6.40. The van der Waals surface area contributed by atoms with Crippen molar-refractivity contribution in [3.05, 3.63) is 0 Å². The molecule has 0 aromatic heterocycles. The van der Waals surface area contributed by atoms with Gasteiger partial charge in [0.15, 0.2) is 0 Å². The number of carboxylic acid groups (broad SMARTS) is 1. The molecule has 1 saturated heterocycles. The van der Waals surface area contributed by atoms with Crippen LogP contribution in [0.1, 0.15) is 59.3 Å². The molecule has 2 rings (SSSR count). The second-order valence-corrected chi connectivity index (χ2v) is 7.83. The van der Waals surface area contributed by atoms with Crippen LogP contribution in [0, 0.1) is 11.8 Å². The summed E-state index contributed by atoms with van der Waals surface area (Å²) in [5.41, 5.74) is -0.550. The maximum absolute atomic E-state index is 12.1. The van der Waals surface area contributed by atoms with E-state index in [-0.39, 0.29) is 6.04 Å². The monoisotopic (exact) mass is 326 g/mol. The number of hydrogen-bond donors (Lipinski definition) is 2. The second-order valence-electron chi connectivity index (χ2n) is 7.83. The average molecular weight is 326 g/mol. The largest absolute Gasteiger partial charge is 0.465 e. The highest BCUT2D eigenvalue weighted by atomic mass is 16.6. The number of ether oxygens (including phenoxy) is 1. The van der Waals surface area contributed by atoms with E-state index in [1.807, 2.05) is 20.8 Å². The summed E-state index contributed by atoms with van der Waals surface area (Å²) in [6, 6.07) is -0.155. The van der Waals surface area contributed by atoms with Crippen LogP contribution in [0.25, 0.3) is 0 Å². The molecule has 2 atom stereocenters. The zero-order valence-electron chi connectivity index (χ0n) is 14.5. The van der Waals surface area contributed by atoms with Gasteiger partial charge in [-0.3, -0.25) is 0 Å². The van der Waals surface area contributed by atoms with Crippen LogP contribution in [0.3, 0.4) is 0 Å². The third-order valence-corrected chi connectivity index (χ3v) is 4.89. The molecule has 6 heteroatoms. The second kappa shape index (κ2) is 7.41. The van der Waals surface area contributed by atoms with Crippen LogP contribution in [0.4, 0.5) is 9.59 Å². The molecule has 1 heterocycles. The van der Waals surface area contributed by atoms with Gasteiger partial charge in [-0.2, -0.15) is 0 Å². The molecule has 0 bridgehead atoms. The molecule has 2 unspecified atom stereocenters. The molecule has 0 spiro atoms. The Labute approximate surface area is 138 Å². The number of carbonyl (C=O) groups excluding carboxylic acids is 1. The molecule has 0 aromatic rings. The number of nitrogens with one attached hydrogen (secondary N) is 1. The van der Waals surface area contributed by atoms with Crippen molar-refractivity contribution in [2.75, 3.05) is 13.1 Å². The van der Waals surface area contributed by atoms with E-state index >= 15 is 0 Å². The Morgan fingerprint density at radius 2 is 1.78 bits per heavy atom. The van der Waals surface area contributed by atoms with Gasteiger partial charge in [0.25, 0.3) is 0 Å². The quantitative estimate of drug-likeness (QED) is 0.814. The topological polar surface area (TPSA) is 78.9 Å². The fourth-order valence-corrected chi connectivity index (χ4v) is 3.88. The first-order chi connectivity index (χ1) is 10.8. The Bertz CT molecular complexity index is 427. The zero-order valence-corrected chi connectivity index (χ0v) is 14.5. The highest BCUT2D eigenvalue weighted by Crippen LogP contribution is 2.36. The predicted octanol–water partition coefficient (Wildman–Crippen LogP) is 3.46. The molecular formula is C17H30N2O4. The predicted molar refractivity (Wildman–Crippen MR) is 87.4 cm³/mol. The van der Waals surface area contributed by atoms with Gasteiger partial charge in [-0.1, -0.05) is 32.1 Å². The number of nitrogens with zero attached hydrogens (tertiary/aromatic N) is 1. The normalized spacial score (nSPS) is 26.7. The first-order valence-corrected chi connectivity index (χ1v) is 8.73. The van der Waals surface area contributed by atoms with Gasteiger partial charge in [-0.15, -0.1) is 0 Å².